The lowest BCUT2D eigenvalue weighted by molar-refractivity contribution is -0.136. The van der Waals surface area contributed by atoms with Crippen molar-refractivity contribution >= 4 is 17.6 Å². The van der Waals surface area contributed by atoms with Gasteiger partial charge in [0.15, 0.2) is 6.61 Å². The third-order valence-electron chi connectivity index (χ3n) is 3.23. The molecule has 8 heteroatoms. The van der Waals surface area contributed by atoms with Crippen molar-refractivity contribution in [3.05, 3.63) is 30.1 Å². The Labute approximate surface area is 119 Å². The first-order chi connectivity index (χ1) is 10.1. The molecule has 0 radical (unpaired) electrons. The number of amides is 1. The number of likely N-dealkylation sites (N-methyl/N-ethyl adjacent to an activating group) is 1. The smallest absolute Gasteiger partial charge is 0.309 e. The third-order valence-corrected chi connectivity index (χ3v) is 3.23. The highest BCUT2D eigenvalue weighted by molar-refractivity contribution is 5.97. The number of carboxylic acid groups (broad SMARTS) is 1. The molecule has 1 aliphatic rings. The molecule has 0 unspecified atom stereocenters. The van der Waals surface area contributed by atoms with Crippen molar-refractivity contribution in [2.24, 2.45) is 0 Å². The first-order valence-corrected chi connectivity index (χ1v) is 6.21. The standard InChI is InChI=1S/C13H12N4O4/c1-16-10-3-2-8(4-11(10)21-7-12(16)18)17-9(5-13(19)20)6-14-15-17/h2-4,6H,5,7H2,1H3,(H,19,20). The molecule has 1 aromatic heterocycles. The summed E-state index contributed by atoms with van der Waals surface area (Å²) in [7, 11) is 1.68. The van der Waals surface area contributed by atoms with E-state index in [0.29, 0.717) is 22.8 Å². The lowest BCUT2D eigenvalue weighted by Crippen LogP contribution is -2.35. The van der Waals surface area contributed by atoms with E-state index in [-0.39, 0.29) is 18.9 Å². The minimum absolute atomic E-state index is 0.0215. The molecule has 108 valence electrons. The summed E-state index contributed by atoms with van der Waals surface area (Å²) >= 11 is 0. The predicted molar refractivity (Wildman–Crippen MR) is 71.6 cm³/mol. The fourth-order valence-corrected chi connectivity index (χ4v) is 2.15. The van der Waals surface area contributed by atoms with Crippen LogP contribution in [0.25, 0.3) is 5.69 Å². The van der Waals surface area contributed by atoms with Crippen LogP contribution < -0.4 is 9.64 Å². The molecule has 0 saturated carbocycles. The number of hydrogen-bond donors (Lipinski definition) is 1. The van der Waals surface area contributed by atoms with Crippen molar-refractivity contribution in [1.29, 1.82) is 0 Å². The zero-order valence-corrected chi connectivity index (χ0v) is 11.2. The molecule has 0 fully saturated rings. The minimum Gasteiger partial charge on any atom is -0.481 e. The molecule has 0 bridgehead atoms. The molecule has 21 heavy (non-hydrogen) atoms. The Kier molecular flexibility index (Phi) is 3.05. The number of nitrogens with zero attached hydrogens (tertiary/aromatic N) is 4. The molecule has 0 atom stereocenters. The summed E-state index contributed by atoms with van der Waals surface area (Å²) in [5.41, 5.74) is 1.75. The van der Waals surface area contributed by atoms with Gasteiger partial charge in [0.1, 0.15) is 5.75 Å². The molecule has 1 aliphatic heterocycles. The third kappa shape index (κ3) is 2.31. The highest BCUT2D eigenvalue weighted by Gasteiger charge is 2.23. The van der Waals surface area contributed by atoms with Gasteiger partial charge in [-0.15, -0.1) is 5.10 Å². The van der Waals surface area contributed by atoms with E-state index in [1.54, 1.807) is 25.2 Å². The van der Waals surface area contributed by atoms with Gasteiger partial charge in [-0.3, -0.25) is 9.59 Å². The Morgan fingerprint density at radius 2 is 2.29 bits per heavy atom. The maximum Gasteiger partial charge on any atom is 0.309 e. The molecular weight excluding hydrogens is 276 g/mol. The van der Waals surface area contributed by atoms with Gasteiger partial charge in [-0.05, 0) is 12.1 Å². The number of aromatic nitrogens is 3. The Hall–Kier alpha value is -2.90. The first-order valence-electron chi connectivity index (χ1n) is 6.21. The maximum absolute atomic E-state index is 11.6. The van der Waals surface area contributed by atoms with Crippen LogP contribution in [-0.4, -0.2) is 45.6 Å². The zero-order chi connectivity index (χ0) is 15.0. The molecule has 0 aliphatic carbocycles. The highest BCUT2D eigenvalue weighted by atomic mass is 16.5. The van der Waals surface area contributed by atoms with Crippen LogP contribution >= 0.6 is 0 Å². The Bertz CT molecular complexity index is 725. The van der Waals surface area contributed by atoms with Crippen molar-refractivity contribution in [1.82, 2.24) is 15.0 Å². The molecule has 8 nitrogen and oxygen atoms in total. The second kappa shape index (κ2) is 4.89. The van der Waals surface area contributed by atoms with Gasteiger partial charge in [-0.2, -0.15) is 0 Å². The normalized spacial score (nSPS) is 13.8. The van der Waals surface area contributed by atoms with E-state index >= 15 is 0 Å². The molecule has 1 N–H and O–H groups in total. The lowest BCUT2D eigenvalue weighted by atomic mass is 10.2. The predicted octanol–water partition coefficient (Wildman–Crippen LogP) is 0.250. The van der Waals surface area contributed by atoms with Crippen LogP contribution in [-0.2, 0) is 16.0 Å². The Balaban J connectivity index is 2.00. The molecule has 0 spiro atoms. The van der Waals surface area contributed by atoms with E-state index in [1.807, 2.05) is 0 Å². The number of aliphatic carboxylic acids is 1. The molecule has 1 amide bonds. The van der Waals surface area contributed by atoms with Crippen LogP contribution in [0.1, 0.15) is 5.69 Å². The van der Waals surface area contributed by atoms with E-state index in [4.69, 9.17) is 9.84 Å². The summed E-state index contributed by atoms with van der Waals surface area (Å²) in [6.45, 7) is -0.0215. The van der Waals surface area contributed by atoms with Crippen molar-refractivity contribution in [3.8, 4) is 11.4 Å². The first kappa shape index (κ1) is 13.1. The van der Waals surface area contributed by atoms with Gasteiger partial charge in [0, 0.05) is 13.1 Å². The number of carboxylic acids is 1. The van der Waals surface area contributed by atoms with E-state index in [1.165, 1.54) is 15.8 Å². The molecular formula is C13H12N4O4. The van der Waals surface area contributed by atoms with Crippen LogP contribution in [0.3, 0.4) is 0 Å². The zero-order valence-electron chi connectivity index (χ0n) is 11.2. The molecule has 1 aromatic carbocycles. The maximum atomic E-state index is 11.6. The number of benzene rings is 1. The van der Waals surface area contributed by atoms with E-state index < -0.39 is 5.97 Å². The summed E-state index contributed by atoms with van der Waals surface area (Å²) in [4.78, 5) is 23.9. The van der Waals surface area contributed by atoms with E-state index in [2.05, 4.69) is 10.3 Å². The van der Waals surface area contributed by atoms with Crippen LogP contribution in [0.4, 0.5) is 5.69 Å². The lowest BCUT2D eigenvalue weighted by Gasteiger charge is -2.26. The largest absolute Gasteiger partial charge is 0.481 e. The van der Waals surface area contributed by atoms with Crippen LogP contribution in [0.5, 0.6) is 5.75 Å². The quantitative estimate of drug-likeness (QED) is 0.869. The van der Waals surface area contributed by atoms with Crippen molar-refractivity contribution in [3.63, 3.8) is 0 Å². The van der Waals surface area contributed by atoms with Crippen molar-refractivity contribution in [2.75, 3.05) is 18.6 Å². The SMILES string of the molecule is CN1C(=O)COc2cc(-n3nncc3CC(=O)O)ccc21. The second-order valence-electron chi connectivity index (χ2n) is 4.60. The number of anilines is 1. The topological polar surface area (TPSA) is 97.5 Å². The summed E-state index contributed by atoms with van der Waals surface area (Å²) in [6, 6.07) is 5.17. The van der Waals surface area contributed by atoms with Crippen molar-refractivity contribution in [2.45, 2.75) is 6.42 Å². The average Bonchev–Trinajstić information content (AvgIpc) is 2.90. The summed E-state index contributed by atoms with van der Waals surface area (Å²) < 4.78 is 6.84. The number of carbonyl (C=O) groups excluding carboxylic acids is 1. The van der Waals surface area contributed by atoms with Gasteiger partial charge < -0.3 is 14.7 Å². The van der Waals surface area contributed by atoms with Gasteiger partial charge >= 0.3 is 5.97 Å². The fraction of sp³-hybridized carbons (Fsp3) is 0.231. The molecule has 2 aromatic rings. The summed E-state index contributed by atoms with van der Waals surface area (Å²) in [5.74, 6) is -0.535. The Morgan fingerprint density at radius 3 is 3.05 bits per heavy atom. The van der Waals surface area contributed by atoms with Gasteiger partial charge in [0.05, 0.1) is 29.7 Å². The highest BCUT2D eigenvalue weighted by Crippen LogP contribution is 2.33. The van der Waals surface area contributed by atoms with Crippen LogP contribution in [0.15, 0.2) is 24.4 Å². The van der Waals surface area contributed by atoms with Gasteiger partial charge in [-0.1, -0.05) is 5.21 Å². The van der Waals surface area contributed by atoms with E-state index in [9.17, 15) is 9.59 Å². The van der Waals surface area contributed by atoms with Gasteiger partial charge in [0.2, 0.25) is 0 Å². The monoisotopic (exact) mass is 288 g/mol. The number of carbonyl (C=O) groups is 2. The number of hydrogen-bond acceptors (Lipinski definition) is 5. The Morgan fingerprint density at radius 1 is 1.48 bits per heavy atom. The molecule has 0 saturated heterocycles. The van der Waals surface area contributed by atoms with Crippen LogP contribution in [0.2, 0.25) is 0 Å². The minimum atomic E-state index is -0.960. The van der Waals surface area contributed by atoms with E-state index in [0.717, 1.165) is 0 Å². The average molecular weight is 288 g/mol. The molecule has 2 heterocycles. The van der Waals surface area contributed by atoms with Crippen molar-refractivity contribution < 1.29 is 19.4 Å². The van der Waals surface area contributed by atoms with Crippen LogP contribution in [0, 0.1) is 0 Å². The number of fused-ring (bicyclic) bond motifs is 1. The van der Waals surface area contributed by atoms with Gasteiger partial charge in [-0.25, -0.2) is 4.68 Å². The number of rotatable bonds is 3. The molecule has 3 rings (SSSR count). The number of ether oxygens (including phenoxy) is 1. The fourth-order valence-electron chi connectivity index (χ4n) is 2.15. The summed E-state index contributed by atoms with van der Waals surface area (Å²) in [5, 5.41) is 16.5. The second-order valence-corrected chi connectivity index (χ2v) is 4.60. The summed E-state index contributed by atoms with van der Waals surface area (Å²) in [6.07, 6.45) is 1.23. The van der Waals surface area contributed by atoms with Gasteiger partial charge in [0.25, 0.3) is 5.91 Å².